The molecule has 0 atom stereocenters. The van der Waals surface area contributed by atoms with E-state index < -0.39 is 8.32 Å². The van der Waals surface area contributed by atoms with E-state index >= 15 is 0 Å². The Morgan fingerprint density at radius 3 is 1.47 bits per heavy atom. The second-order valence-corrected chi connectivity index (χ2v) is 19.5. The number of carbonyl (C=O) groups excluding carboxylic acids is 2. The van der Waals surface area contributed by atoms with Crippen molar-refractivity contribution in [3.63, 3.8) is 0 Å². The lowest BCUT2D eigenvalue weighted by atomic mass is 10.0. The lowest BCUT2D eigenvalue weighted by Gasteiger charge is -2.36. The predicted octanol–water partition coefficient (Wildman–Crippen LogP) is 11.3. The number of hydrogen-bond donors (Lipinski definition) is 3. The molecule has 2 amide bonds. The van der Waals surface area contributed by atoms with Crippen molar-refractivity contribution in [2.75, 3.05) is 23.8 Å². The summed E-state index contributed by atoms with van der Waals surface area (Å²) in [5.41, 5.74) is 5.26. The van der Waals surface area contributed by atoms with Crippen molar-refractivity contribution in [3.8, 4) is 33.8 Å². The molecule has 0 saturated carbocycles. The van der Waals surface area contributed by atoms with Crippen LogP contribution in [0.5, 0.6) is 11.5 Å². The number of ether oxygens (including phenoxy) is 1. The monoisotopic (exact) mass is 802 g/mol. The molecule has 4 aromatic carbocycles. The molecule has 0 spiro atoms. The lowest BCUT2D eigenvalue weighted by molar-refractivity contribution is 0.101. The Kier molecular flexibility index (Phi) is 16.1. The van der Waals surface area contributed by atoms with Gasteiger partial charge in [0.15, 0.2) is 0 Å². The van der Waals surface area contributed by atoms with Gasteiger partial charge in [0, 0.05) is 24.3 Å². The number of halogens is 1. The number of nitrogens with zero attached hydrogens (tertiary/aromatic N) is 2. The maximum atomic E-state index is 12.7. The maximum absolute atomic E-state index is 12.7. The number of hydrogen-bond acceptors (Lipinski definition) is 7. The maximum Gasteiger partial charge on any atom is 0.256 e. The van der Waals surface area contributed by atoms with Crippen LogP contribution in [0.4, 0.5) is 11.6 Å². The summed E-state index contributed by atoms with van der Waals surface area (Å²) in [4.78, 5) is 33.2. The zero-order chi connectivity index (χ0) is 40.0. The highest BCUT2D eigenvalue weighted by Crippen LogP contribution is 2.37. The van der Waals surface area contributed by atoms with Gasteiger partial charge in [-0.1, -0.05) is 106 Å². The van der Waals surface area contributed by atoms with E-state index in [4.69, 9.17) is 9.16 Å². The fraction of sp³-hybridized carbons (Fsp3) is 0.217. The van der Waals surface area contributed by atoms with Crippen LogP contribution < -0.4 is 15.1 Å². The van der Waals surface area contributed by atoms with Gasteiger partial charge in [0.05, 0.1) is 12.4 Å². The van der Waals surface area contributed by atoms with Crippen molar-refractivity contribution in [2.24, 2.45) is 0 Å². The first-order valence-electron chi connectivity index (χ1n) is 18.7. The number of benzene rings is 4. The van der Waals surface area contributed by atoms with Gasteiger partial charge in [0.2, 0.25) is 0 Å². The normalized spacial score (nSPS) is 12.0. The molecule has 296 valence electrons. The number of amides is 2. The van der Waals surface area contributed by atoms with E-state index in [0.717, 1.165) is 41.2 Å². The molecular weight excluding hydrogens is 752 g/mol. The molecule has 0 aliphatic carbocycles. The summed E-state index contributed by atoms with van der Waals surface area (Å²) in [7, 11) is -1.91. The number of pyridine rings is 2. The number of aromatic nitrogens is 2. The summed E-state index contributed by atoms with van der Waals surface area (Å²) in [6.07, 6.45) is 5.52. The third-order valence-corrected chi connectivity index (χ3v) is 13.8. The van der Waals surface area contributed by atoms with Gasteiger partial charge in [-0.15, -0.1) is 12.4 Å². The van der Waals surface area contributed by atoms with Crippen LogP contribution in [0.2, 0.25) is 18.1 Å². The number of nitrogens with one attached hydrogen (secondary N) is 2. The molecule has 57 heavy (non-hydrogen) atoms. The predicted molar refractivity (Wildman–Crippen MR) is 235 cm³/mol. The molecule has 7 rings (SSSR count). The molecule has 11 heteroatoms. The summed E-state index contributed by atoms with van der Waals surface area (Å²) in [6, 6.07) is 41.5. The van der Waals surface area contributed by atoms with Crippen molar-refractivity contribution in [3.05, 3.63) is 157 Å². The summed E-state index contributed by atoms with van der Waals surface area (Å²) in [5.74, 6) is 1.27. The molecule has 2 aromatic heterocycles. The first kappa shape index (κ1) is 43.9. The van der Waals surface area contributed by atoms with Crippen LogP contribution in [0, 0.1) is 0 Å². The van der Waals surface area contributed by atoms with Gasteiger partial charge in [-0.25, -0.2) is 9.97 Å². The van der Waals surface area contributed by atoms with E-state index in [1.165, 1.54) is 25.1 Å². The van der Waals surface area contributed by atoms with E-state index in [1.54, 1.807) is 30.5 Å². The first-order chi connectivity index (χ1) is 26.9. The minimum atomic E-state index is -1.91. The zero-order valence-corrected chi connectivity index (χ0v) is 34.9. The molecule has 3 heterocycles. The Morgan fingerprint density at radius 1 is 0.632 bits per heavy atom. The second-order valence-electron chi connectivity index (χ2n) is 14.8. The van der Waals surface area contributed by atoms with Gasteiger partial charge < -0.3 is 24.9 Å². The minimum absolute atomic E-state index is 0. The van der Waals surface area contributed by atoms with Crippen molar-refractivity contribution < 1.29 is 23.9 Å². The van der Waals surface area contributed by atoms with E-state index in [0.29, 0.717) is 22.8 Å². The zero-order valence-electron chi connectivity index (χ0n) is 33.1. The van der Waals surface area contributed by atoms with Gasteiger partial charge in [-0.3, -0.25) is 9.59 Å². The van der Waals surface area contributed by atoms with Crippen LogP contribution in [0.25, 0.3) is 22.3 Å². The Hall–Kier alpha value is -5.81. The summed E-state index contributed by atoms with van der Waals surface area (Å²) < 4.78 is 11.2. The van der Waals surface area contributed by atoms with Gasteiger partial charge in [0.25, 0.3) is 20.1 Å². The highest BCUT2D eigenvalue weighted by atomic mass is 35.5. The van der Waals surface area contributed by atoms with Crippen LogP contribution in [-0.4, -0.2) is 48.4 Å². The van der Waals surface area contributed by atoms with E-state index in [9.17, 15) is 14.7 Å². The molecule has 1 aliphatic heterocycles. The first-order valence-corrected chi connectivity index (χ1v) is 21.6. The molecule has 1 aliphatic rings. The molecular formula is C46H51ClN4O5Si. The van der Waals surface area contributed by atoms with Gasteiger partial charge in [-0.05, 0) is 102 Å². The molecule has 9 nitrogen and oxygen atoms in total. The van der Waals surface area contributed by atoms with Crippen LogP contribution in [0.1, 0.15) is 54.3 Å². The van der Waals surface area contributed by atoms with E-state index in [1.807, 2.05) is 103 Å². The Morgan fingerprint density at radius 2 is 1.09 bits per heavy atom. The highest BCUT2D eigenvalue weighted by Gasteiger charge is 2.39. The largest absolute Gasteiger partial charge is 0.542 e. The van der Waals surface area contributed by atoms with Crippen LogP contribution in [0.15, 0.2) is 146 Å². The fourth-order valence-corrected chi connectivity index (χ4v) is 6.27. The molecule has 0 radical (unpaired) electrons. The van der Waals surface area contributed by atoms with E-state index in [-0.39, 0.29) is 35.0 Å². The third kappa shape index (κ3) is 13.4. The van der Waals surface area contributed by atoms with Crippen LogP contribution >= 0.6 is 12.4 Å². The summed E-state index contributed by atoms with van der Waals surface area (Å²) in [5, 5.41) is 14.9. The molecule has 1 fully saturated rings. The number of anilines is 2. The number of carbonyl (C=O) groups is 2. The minimum Gasteiger partial charge on any atom is -0.542 e. The van der Waals surface area contributed by atoms with Crippen molar-refractivity contribution >= 4 is 44.2 Å². The average molecular weight is 803 g/mol. The Balaban J connectivity index is 0.000000227. The smallest absolute Gasteiger partial charge is 0.256 e. The molecule has 0 bridgehead atoms. The van der Waals surface area contributed by atoms with Crippen molar-refractivity contribution in [1.29, 1.82) is 0 Å². The second kappa shape index (κ2) is 20.9. The molecule has 1 saturated heterocycles. The summed E-state index contributed by atoms with van der Waals surface area (Å²) in [6.45, 7) is 13.0. The van der Waals surface area contributed by atoms with Gasteiger partial charge in [0.1, 0.15) is 23.1 Å². The topological polar surface area (TPSA) is 123 Å². The van der Waals surface area contributed by atoms with Crippen LogP contribution in [-0.2, 0) is 4.74 Å². The fourth-order valence-electron chi connectivity index (χ4n) is 5.25. The lowest BCUT2D eigenvalue weighted by Crippen LogP contribution is -2.43. The van der Waals surface area contributed by atoms with Gasteiger partial charge in [-0.2, -0.15) is 0 Å². The quantitative estimate of drug-likeness (QED) is 0.131. The van der Waals surface area contributed by atoms with Gasteiger partial charge >= 0.3 is 0 Å². The SMILES string of the molecule is C1CCOC1.CC(C)(C)[Si](C)(C)Oc1ccc(NC(=O)c2cccc(-c3ccccc3)c2)nc1.Cl.O=C(Nc1ccc(O)cn1)c1cccc(-c2ccccc2)c1. The molecule has 0 unspecified atom stereocenters. The Labute approximate surface area is 343 Å². The number of aromatic hydroxyl groups is 1. The molecule has 3 N–H and O–H groups in total. The van der Waals surface area contributed by atoms with Crippen molar-refractivity contribution in [2.45, 2.75) is 51.7 Å². The summed E-state index contributed by atoms with van der Waals surface area (Å²) >= 11 is 0. The highest BCUT2D eigenvalue weighted by molar-refractivity contribution is 6.74. The average Bonchev–Trinajstić information content (AvgIpc) is 3.81. The van der Waals surface area contributed by atoms with E-state index in [2.05, 4.69) is 54.5 Å². The third-order valence-electron chi connectivity index (χ3n) is 9.44. The molecule has 6 aromatic rings. The standard InChI is InChI=1S/C24H28N2O2Si.C18H14N2O2.C4H8O.ClH/c1-24(2,3)29(4,5)28-21-14-15-22(25-17-21)26-23(27)20-13-9-12-19(16-20)18-10-7-6-8-11-18;21-16-9-10-17(19-12-16)20-18(22)15-8-4-7-14(11-15)13-5-2-1-3-6-13;1-2-4-5-3-1;/h6-17H,1-5H3,(H,25,26,27);1-12,21H,(H,19,20,22);1-4H2;1H. The van der Waals surface area contributed by atoms with Crippen molar-refractivity contribution in [1.82, 2.24) is 9.97 Å². The Bertz CT molecular complexity index is 2150. The van der Waals surface area contributed by atoms with Crippen LogP contribution in [0.3, 0.4) is 0 Å². The number of rotatable bonds is 8.